The van der Waals surface area contributed by atoms with E-state index < -0.39 is 0 Å². The predicted molar refractivity (Wildman–Crippen MR) is 74.2 cm³/mol. The van der Waals surface area contributed by atoms with E-state index in [1.54, 1.807) is 6.26 Å². The third-order valence-electron chi connectivity index (χ3n) is 3.90. The van der Waals surface area contributed by atoms with E-state index in [9.17, 15) is 5.26 Å². The highest BCUT2D eigenvalue weighted by atomic mass is 32.2. The standard InChI is InChI=1S/C14H20N2OS/c1-16-14(11-15)7-2-4-12(14)6-9-18-10-13-5-3-8-17-13/h3,5,8,12,16H,2,4,6-7,9-10H2,1H3. The topological polar surface area (TPSA) is 49.0 Å². The van der Waals surface area contributed by atoms with Crippen LogP contribution in [0.15, 0.2) is 22.8 Å². The van der Waals surface area contributed by atoms with E-state index in [-0.39, 0.29) is 5.54 Å². The van der Waals surface area contributed by atoms with Crippen molar-refractivity contribution in [2.45, 2.75) is 37.0 Å². The summed E-state index contributed by atoms with van der Waals surface area (Å²) in [6.45, 7) is 0. The number of nitrogens with zero attached hydrogens (tertiary/aromatic N) is 1. The minimum absolute atomic E-state index is 0.273. The molecule has 0 aliphatic heterocycles. The highest BCUT2D eigenvalue weighted by Gasteiger charge is 2.41. The lowest BCUT2D eigenvalue weighted by atomic mass is 9.87. The number of rotatable bonds is 6. The maximum absolute atomic E-state index is 9.36. The van der Waals surface area contributed by atoms with Gasteiger partial charge in [0.25, 0.3) is 0 Å². The molecule has 2 unspecified atom stereocenters. The molecule has 0 aromatic carbocycles. The van der Waals surface area contributed by atoms with Crippen LogP contribution >= 0.6 is 11.8 Å². The van der Waals surface area contributed by atoms with E-state index in [2.05, 4.69) is 11.4 Å². The number of hydrogen-bond acceptors (Lipinski definition) is 4. The summed E-state index contributed by atoms with van der Waals surface area (Å²) in [4.78, 5) is 0. The smallest absolute Gasteiger partial charge is 0.113 e. The van der Waals surface area contributed by atoms with Crippen LogP contribution in [-0.2, 0) is 5.75 Å². The number of furan rings is 1. The minimum Gasteiger partial charge on any atom is -0.468 e. The Labute approximate surface area is 113 Å². The van der Waals surface area contributed by atoms with Gasteiger partial charge in [0.05, 0.1) is 18.1 Å². The Morgan fingerprint density at radius 2 is 2.56 bits per heavy atom. The monoisotopic (exact) mass is 264 g/mol. The summed E-state index contributed by atoms with van der Waals surface area (Å²) >= 11 is 1.89. The summed E-state index contributed by atoms with van der Waals surface area (Å²) < 4.78 is 5.30. The summed E-state index contributed by atoms with van der Waals surface area (Å²) in [7, 11) is 1.91. The first-order chi connectivity index (χ1) is 8.80. The summed E-state index contributed by atoms with van der Waals surface area (Å²) in [6, 6.07) is 6.43. The van der Waals surface area contributed by atoms with Gasteiger partial charge in [0, 0.05) is 0 Å². The Hall–Kier alpha value is -0.920. The molecule has 1 fully saturated rings. The zero-order valence-electron chi connectivity index (χ0n) is 10.8. The summed E-state index contributed by atoms with van der Waals surface area (Å²) in [5, 5.41) is 12.6. The Morgan fingerprint density at radius 3 is 3.22 bits per heavy atom. The van der Waals surface area contributed by atoms with Crippen LogP contribution in [0.2, 0.25) is 0 Å². The van der Waals surface area contributed by atoms with Gasteiger partial charge >= 0.3 is 0 Å². The molecule has 1 aliphatic rings. The van der Waals surface area contributed by atoms with Gasteiger partial charge in [-0.1, -0.05) is 6.42 Å². The molecule has 1 aromatic rings. The third kappa shape index (κ3) is 2.90. The summed E-state index contributed by atoms with van der Waals surface area (Å²) in [6.07, 6.45) is 6.17. The fraction of sp³-hybridized carbons (Fsp3) is 0.643. The maximum Gasteiger partial charge on any atom is 0.113 e. The maximum atomic E-state index is 9.36. The molecule has 1 saturated carbocycles. The largest absolute Gasteiger partial charge is 0.468 e. The first kappa shape index (κ1) is 13.5. The van der Waals surface area contributed by atoms with Crippen molar-refractivity contribution in [3.8, 4) is 6.07 Å². The van der Waals surface area contributed by atoms with E-state index in [1.807, 2.05) is 30.9 Å². The van der Waals surface area contributed by atoms with Crippen molar-refractivity contribution < 1.29 is 4.42 Å². The molecular weight excluding hydrogens is 244 g/mol. The van der Waals surface area contributed by atoms with E-state index in [0.717, 1.165) is 30.1 Å². The second-order valence-corrected chi connectivity index (χ2v) is 5.95. The van der Waals surface area contributed by atoms with Gasteiger partial charge in [0.15, 0.2) is 0 Å². The fourth-order valence-corrected chi connectivity index (χ4v) is 3.75. The van der Waals surface area contributed by atoms with E-state index in [1.165, 1.54) is 12.8 Å². The Bertz CT molecular complexity index is 398. The molecule has 4 heteroatoms. The number of nitrogens with one attached hydrogen (secondary N) is 1. The van der Waals surface area contributed by atoms with Crippen molar-refractivity contribution in [1.82, 2.24) is 5.32 Å². The summed E-state index contributed by atoms with van der Waals surface area (Å²) in [5.41, 5.74) is -0.273. The number of nitriles is 1. The van der Waals surface area contributed by atoms with Gasteiger partial charge in [0.1, 0.15) is 11.3 Å². The first-order valence-corrected chi connectivity index (χ1v) is 7.66. The highest BCUT2D eigenvalue weighted by molar-refractivity contribution is 7.98. The van der Waals surface area contributed by atoms with Gasteiger partial charge < -0.3 is 9.73 Å². The molecule has 2 rings (SSSR count). The second-order valence-electron chi connectivity index (χ2n) is 4.84. The van der Waals surface area contributed by atoms with Gasteiger partial charge in [-0.15, -0.1) is 0 Å². The second kappa shape index (κ2) is 6.31. The van der Waals surface area contributed by atoms with Crippen molar-refractivity contribution in [2.75, 3.05) is 12.8 Å². The Kier molecular flexibility index (Phi) is 4.73. The highest BCUT2D eigenvalue weighted by Crippen LogP contribution is 2.38. The van der Waals surface area contributed by atoms with Crippen LogP contribution in [-0.4, -0.2) is 18.3 Å². The lowest BCUT2D eigenvalue weighted by Crippen LogP contribution is -2.44. The van der Waals surface area contributed by atoms with Crippen LogP contribution in [0.4, 0.5) is 0 Å². The SMILES string of the molecule is CNC1(C#N)CCCC1CCSCc1ccco1. The molecule has 3 nitrogen and oxygen atoms in total. The molecule has 1 aromatic heterocycles. The van der Waals surface area contributed by atoms with Gasteiger partial charge in [-0.2, -0.15) is 17.0 Å². The lowest BCUT2D eigenvalue weighted by molar-refractivity contribution is 0.332. The lowest BCUT2D eigenvalue weighted by Gasteiger charge is -2.28. The Morgan fingerprint density at radius 1 is 1.67 bits per heavy atom. The quantitative estimate of drug-likeness (QED) is 0.802. The van der Waals surface area contributed by atoms with Crippen LogP contribution < -0.4 is 5.32 Å². The van der Waals surface area contributed by atoms with Crippen LogP contribution in [0.25, 0.3) is 0 Å². The zero-order valence-corrected chi connectivity index (χ0v) is 11.6. The van der Waals surface area contributed by atoms with Crippen LogP contribution in [0.1, 0.15) is 31.4 Å². The van der Waals surface area contributed by atoms with Crippen molar-refractivity contribution >= 4 is 11.8 Å². The molecule has 1 heterocycles. The zero-order chi connectivity index (χ0) is 12.8. The van der Waals surface area contributed by atoms with Gasteiger partial charge in [-0.05, 0) is 50.1 Å². The Balaban J connectivity index is 1.75. The van der Waals surface area contributed by atoms with Crippen LogP contribution in [0, 0.1) is 17.2 Å². The van der Waals surface area contributed by atoms with Crippen molar-refractivity contribution in [2.24, 2.45) is 5.92 Å². The molecule has 1 aliphatic carbocycles. The van der Waals surface area contributed by atoms with E-state index >= 15 is 0 Å². The summed E-state index contributed by atoms with van der Waals surface area (Å²) in [5.74, 6) is 3.55. The first-order valence-electron chi connectivity index (χ1n) is 6.51. The van der Waals surface area contributed by atoms with Crippen molar-refractivity contribution in [3.63, 3.8) is 0 Å². The van der Waals surface area contributed by atoms with E-state index in [0.29, 0.717) is 5.92 Å². The molecule has 2 atom stereocenters. The van der Waals surface area contributed by atoms with Crippen LogP contribution in [0.3, 0.4) is 0 Å². The molecule has 1 N–H and O–H groups in total. The molecule has 98 valence electrons. The predicted octanol–water partition coefficient (Wildman–Crippen LogP) is 3.18. The molecule has 0 spiro atoms. The van der Waals surface area contributed by atoms with Crippen LogP contribution in [0.5, 0.6) is 0 Å². The van der Waals surface area contributed by atoms with Gasteiger partial charge in [-0.3, -0.25) is 0 Å². The number of thioether (sulfide) groups is 1. The fourth-order valence-electron chi connectivity index (χ4n) is 2.79. The van der Waals surface area contributed by atoms with E-state index in [4.69, 9.17) is 4.42 Å². The molecule has 0 amide bonds. The van der Waals surface area contributed by atoms with Crippen molar-refractivity contribution in [3.05, 3.63) is 24.2 Å². The third-order valence-corrected chi connectivity index (χ3v) is 4.91. The normalized spacial score (nSPS) is 27.2. The molecule has 0 radical (unpaired) electrons. The van der Waals surface area contributed by atoms with Gasteiger partial charge in [-0.25, -0.2) is 0 Å². The average molecular weight is 264 g/mol. The minimum atomic E-state index is -0.273. The molecule has 18 heavy (non-hydrogen) atoms. The molecule has 0 bridgehead atoms. The van der Waals surface area contributed by atoms with Crippen molar-refractivity contribution in [1.29, 1.82) is 5.26 Å². The molecule has 0 saturated heterocycles. The van der Waals surface area contributed by atoms with Gasteiger partial charge in [0.2, 0.25) is 0 Å². The number of hydrogen-bond donors (Lipinski definition) is 1. The molecular formula is C14H20N2OS. The average Bonchev–Trinajstić information content (AvgIpc) is 3.04.